The molecule has 2 N–H and O–H groups in total. The zero-order chi connectivity index (χ0) is 15.9. The molecule has 0 atom stereocenters. The van der Waals surface area contributed by atoms with E-state index in [9.17, 15) is 9.90 Å². The molecule has 1 aromatic carbocycles. The smallest absolute Gasteiger partial charge is 0.346 e. The highest BCUT2D eigenvalue weighted by atomic mass is 79.9. The van der Waals surface area contributed by atoms with Gasteiger partial charge in [0, 0.05) is 10.2 Å². The molecule has 0 spiro atoms. The van der Waals surface area contributed by atoms with Crippen molar-refractivity contribution in [1.82, 2.24) is 9.97 Å². The van der Waals surface area contributed by atoms with Crippen LogP contribution >= 0.6 is 27.3 Å². The summed E-state index contributed by atoms with van der Waals surface area (Å²) in [5.74, 6) is 0.289. The monoisotopic (exact) mass is 377 g/mol. The number of nitrogens with zero attached hydrogens (tertiary/aromatic N) is 2. The molecular weight excluding hydrogens is 366 g/mol. The van der Waals surface area contributed by atoms with E-state index in [1.54, 1.807) is 13.8 Å². The van der Waals surface area contributed by atoms with Crippen LogP contribution in [0.3, 0.4) is 0 Å². The van der Waals surface area contributed by atoms with Gasteiger partial charge in [0.25, 0.3) is 0 Å². The number of aryl methyl sites for hydroxylation is 2. The number of hydrogen-bond donors (Lipinski definition) is 2. The third-order valence-electron chi connectivity index (χ3n) is 3.18. The Bertz CT molecular complexity index is 892. The Balaban J connectivity index is 2.18. The van der Waals surface area contributed by atoms with E-state index in [1.807, 2.05) is 24.3 Å². The fourth-order valence-corrected chi connectivity index (χ4v) is 3.71. The Morgan fingerprint density at radius 1 is 1.32 bits per heavy atom. The highest BCUT2D eigenvalue weighted by molar-refractivity contribution is 9.10. The van der Waals surface area contributed by atoms with Gasteiger partial charge in [-0.15, -0.1) is 11.3 Å². The minimum absolute atomic E-state index is 0.298. The molecule has 0 amide bonds. The molecule has 0 aliphatic carbocycles. The number of fused-ring (bicyclic) bond motifs is 1. The summed E-state index contributed by atoms with van der Waals surface area (Å²) in [6.45, 7) is 3.58. The van der Waals surface area contributed by atoms with Crippen molar-refractivity contribution in [2.24, 2.45) is 0 Å². The summed E-state index contributed by atoms with van der Waals surface area (Å²) < 4.78 is 0.952. The van der Waals surface area contributed by atoms with Crippen LogP contribution < -0.4 is 5.32 Å². The average Bonchev–Trinajstić information content (AvgIpc) is 2.76. The number of carboxylic acids is 1. The molecule has 0 saturated carbocycles. The van der Waals surface area contributed by atoms with E-state index in [-0.39, 0.29) is 0 Å². The van der Waals surface area contributed by atoms with Gasteiger partial charge in [-0.25, -0.2) is 14.8 Å². The summed E-state index contributed by atoms with van der Waals surface area (Å²) in [6, 6.07) is 7.71. The first-order chi connectivity index (χ1) is 10.5. The van der Waals surface area contributed by atoms with Gasteiger partial charge in [-0.2, -0.15) is 0 Å². The second kappa shape index (κ2) is 5.66. The number of halogens is 1. The van der Waals surface area contributed by atoms with Gasteiger partial charge >= 0.3 is 5.97 Å². The summed E-state index contributed by atoms with van der Waals surface area (Å²) in [5.41, 5.74) is 1.56. The van der Waals surface area contributed by atoms with E-state index in [4.69, 9.17) is 0 Å². The predicted molar refractivity (Wildman–Crippen MR) is 91.3 cm³/mol. The van der Waals surface area contributed by atoms with Crippen LogP contribution in [-0.2, 0) is 0 Å². The molecule has 2 heterocycles. The van der Waals surface area contributed by atoms with E-state index in [1.165, 1.54) is 11.3 Å². The third kappa shape index (κ3) is 2.69. The minimum atomic E-state index is -0.938. The summed E-state index contributed by atoms with van der Waals surface area (Å²) in [5, 5.41) is 13.3. The largest absolute Gasteiger partial charge is 0.477 e. The van der Waals surface area contributed by atoms with Gasteiger partial charge in [-0.05, 0) is 37.6 Å². The van der Waals surface area contributed by atoms with Crippen molar-refractivity contribution in [3.63, 3.8) is 0 Å². The van der Waals surface area contributed by atoms with Crippen molar-refractivity contribution in [3.8, 4) is 0 Å². The summed E-state index contributed by atoms with van der Waals surface area (Å²) >= 11 is 4.60. The Morgan fingerprint density at radius 2 is 2.09 bits per heavy atom. The molecule has 2 aromatic heterocycles. The number of carbonyl (C=O) groups is 1. The fraction of sp³-hybridized carbons (Fsp3) is 0.133. The molecule has 0 fully saturated rings. The normalized spacial score (nSPS) is 10.9. The van der Waals surface area contributed by atoms with Crippen molar-refractivity contribution in [2.75, 3.05) is 5.32 Å². The molecule has 0 bridgehead atoms. The van der Waals surface area contributed by atoms with Crippen molar-refractivity contribution >= 4 is 55.0 Å². The predicted octanol–water partition coefficient (Wildman–Crippen LogP) is 4.51. The molecule has 22 heavy (non-hydrogen) atoms. The van der Waals surface area contributed by atoms with Crippen LogP contribution in [0.4, 0.5) is 11.5 Å². The summed E-state index contributed by atoms with van der Waals surface area (Å²) in [7, 11) is 0. The zero-order valence-electron chi connectivity index (χ0n) is 11.8. The van der Waals surface area contributed by atoms with Crippen LogP contribution in [0.25, 0.3) is 10.2 Å². The van der Waals surface area contributed by atoms with E-state index in [0.717, 1.165) is 15.5 Å². The highest BCUT2D eigenvalue weighted by Crippen LogP contribution is 2.35. The Hall–Kier alpha value is -1.99. The number of benzene rings is 1. The molecular formula is C15H12BrN3O2S. The van der Waals surface area contributed by atoms with Gasteiger partial charge in [0.1, 0.15) is 21.3 Å². The number of anilines is 2. The first kappa shape index (κ1) is 14.9. The van der Waals surface area contributed by atoms with Gasteiger partial charge in [0.05, 0.1) is 5.39 Å². The maximum atomic E-state index is 11.3. The van der Waals surface area contributed by atoms with Crippen LogP contribution in [0.15, 0.2) is 28.7 Å². The molecule has 3 aromatic rings. The van der Waals surface area contributed by atoms with Crippen molar-refractivity contribution in [3.05, 3.63) is 45.0 Å². The number of nitrogens with one attached hydrogen (secondary N) is 1. The van der Waals surface area contributed by atoms with E-state index >= 15 is 0 Å². The molecule has 0 unspecified atom stereocenters. The number of thiophene rings is 1. The van der Waals surface area contributed by atoms with E-state index in [0.29, 0.717) is 26.9 Å². The van der Waals surface area contributed by atoms with Crippen LogP contribution in [0.5, 0.6) is 0 Å². The van der Waals surface area contributed by atoms with Gasteiger partial charge < -0.3 is 10.4 Å². The second-order valence-corrected chi connectivity index (χ2v) is 6.71. The van der Waals surface area contributed by atoms with Crippen LogP contribution in [0.2, 0.25) is 0 Å². The molecule has 0 aliphatic heterocycles. The van der Waals surface area contributed by atoms with Gasteiger partial charge in [0.2, 0.25) is 0 Å². The Labute approximate surface area is 139 Å². The number of carboxylic acid groups (broad SMARTS) is 1. The molecule has 7 heteroatoms. The van der Waals surface area contributed by atoms with Crippen LogP contribution in [0.1, 0.15) is 21.1 Å². The van der Waals surface area contributed by atoms with Gasteiger partial charge in [0.15, 0.2) is 0 Å². The molecule has 112 valence electrons. The van der Waals surface area contributed by atoms with Gasteiger partial charge in [-0.3, -0.25) is 0 Å². The molecule has 5 nitrogen and oxygen atoms in total. The number of aromatic nitrogens is 2. The van der Waals surface area contributed by atoms with Crippen molar-refractivity contribution in [2.45, 2.75) is 13.8 Å². The SMILES string of the molecule is Cc1nc(Nc2cccc(Br)c2)c2c(C)c(C(=O)O)sc2n1. The van der Waals surface area contributed by atoms with Crippen molar-refractivity contribution in [1.29, 1.82) is 0 Å². The van der Waals surface area contributed by atoms with Crippen LogP contribution in [0, 0.1) is 13.8 Å². The second-order valence-electron chi connectivity index (χ2n) is 4.80. The lowest BCUT2D eigenvalue weighted by atomic mass is 10.2. The van der Waals surface area contributed by atoms with E-state index < -0.39 is 5.97 Å². The quantitative estimate of drug-likeness (QED) is 0.701. The third-order valence-corrected chi connectivity index (χ3v) is 4.85. The first-order valence-corrected chi connectivity index (χ1v) is 8.10. The fourth-order valence-electron chi connectivity index (χ4n) is 2.24. The lowest BCUT2D eigenvalue weighted by molar-refractivity contribution is 0.0701. The van der Waals surface area contributed by atoms with Crippen molar-refractivity contribution < 1.29 is 9.90 Å². The molecule has 3 rings (SSSR count). The Morgan fingerprint density at radius 3 is 2.77 bits per heavy atom. The van der Waals surface area contributed by atoms with Gasteiger partial charge in [-0.1, -0.05) is 22.0 Å². The maximum absolute atomic E-state index is 11.3. The molecule has 0 aliphatic rings. The topological polar surface area (TPSA) is 75.1 Å². The standard InChI is InChI=1S/C15H12BrN3O2S/c1-7-11-13(19-10-5-3-4-9(16)6-10)17-8(2)18-14(11)22-12(7)15(20)21/h3-6H,1-2H3,(H,20,21)(H,17,18,19). The summed E-state index contributed by atoms with van der Waals surface area (Å²) in [6.07, 6.45) is 0. The lowest BCUT2D eigenvalue weighted by Gasteiger charge is -2.08. The molecule has 0 radical (unpaired) electrons. The van der Waals surface area contributed by atoms with E-state index in [2.05, 4.69) is 31.2 Å². The minimum Gasteiger partial charge on any atom is -0.477 e. The lowest BCUT2D eigenvalue weighted by Crippen LogP contribution is -1.99. The Kier molecular flexibility index (Phi) is 3.84. The number of aromatic carboxylic acids is 1. The molecule has 0 saturated heterocycles. The van der Waals surface area contributed by atoms with Crippen LogP contribution in [-0.4, -0.2) is 21.0 Å². The maximum Gasteiger partial charge on any atom is 0.346 e. The zero-order valence-corrected chi connectivity index (χ0v) is 14.2. The average molecular weight is 378 g/mol. The number of rotatable bonds is 3. The first-order valence-electron chi connectivity index (χ1n) is 6.49. The summed E-state index contributed by atoms with van der Waals surface area (Å²) in [4.78, 5) is 21.1. The highest BCUT2D eigenvalue weighted by Gasteiger charge is 2.19. The number of hydrogen-bond acceptors (Lipinski definition) is 5.